The van der Waals surface area contributed by atoms with Crippen LogP contribution >= 0.6 is 0 Å². The van der Waals surface area contributed by atoms with E-state index in [4.69, 9.17) is 20.7 Å². The van der Waals surface area contributed by atoms with Crippen molar-refractivity contribution in [1.82, 2.24) is 4.90 Å². The molecule has 0 radical (unpaired) electrons. The van der Waals surface area contributed by atoms with E-state index < -0.39 is 48.7 Å². The van der Waals surface area contributed by atoms with Crippen molar-refractivity contribution in [2.75, 3.05) is 13.7 Å². The number of carboxylic acids is 1. The van der Waals surface area contributed by atoms with E-state index >= 15 is 0 Å². The molecule has 5 atom stereocenters. The topological polar surface area (TPSA) is 154 Å². The second kappa shape index (κ2) is 6.85. The fourth-order valence-electron chi connectivity index (χ4n) is 2.16. The monoisotopic (exact) mass is 304 g/mol. The molecule has 9 nitrogen and oxygen atoms in total. The summed E-state index contributed by atoms with van der Waals surface area (Å²) in [6.45, 7) is 0.522. The third kappa shape index (κ3) is 3.70. The highest BCUT2D eigenvalue weighted by Gasteiger charge is 2.44. The molecule has 0 aliphatic carbocycles. The fraction of sp³-hybridized carbons (Fsp3) is 0.667. The molecule has 120 valence electrons. The van der Waals surface area contributed by atoms with Crippen LogP contribution in [0.15, 0.2) is 11.8 Å². The number of rotatable bonds is 5. The highest BCUT2D eigenvalue weighted by atomic mass is 16.5. The molecule has 21 heavy (non-hydrogen) atoms. The quantitative estimate of drug-likeness (QED) is 0.366. The standard InChI is InChI=1S/C12H20N2O7/c1-5(16)14(2)9-6(13)3-8(12(19)20)21-11(9)10(18)7(17)4-15/h3,6-7,9-11,15,17-18H,4,13H2,1-2H3,(H,19,20)/t6-,7+,9+,10+,11+/m0/s1. The van der Waals surface area contributed by atoms with Crippen molar-refractivity contribution in [3.05, 3.63) is 11.8 Å². The van der Waals surface area contributed by atoms with Crippen LogP contribution in [0.4, 0.5) is 0 Å². The van der Waals surface area contributed by atoms with Crippen LogP contribution in [-0.2, 0) is 14.3 Å². The number of carbonyl (C=O) groups is 2. The van der Waals surface area contributed by atoms with Gasteiger partial charge in [0.15, 0.2) is 0 Å². The zero-order chi connectivity index (χ0) is 16.3. The van der Waals surface area contributed by atoms with Crippen LogP contribution in [0.3, 0.4) is 0 Å². The van der Waals surface area contributed by atoms with Gasteiger partial charge in [-0.1, -0.05) is 0 Å². The van der Waals surface area contributed by atoms with Crippen LogP contribution in [0.1, 0.15) is 6.92 Å². The molecule has 0 aromatic carbocycles. The molecule has 0 saturated carbocycles. The summed E-state index contributed by atoms with van der Waals surface area (Å²) in [6, 6.07) is -1.80. The zero-order valence-corrected chi connectivity index (χ0v) is 11.7. The van der Waals surface area contributed by atoms with E-state index in [9.17, 15) is 19.8 Å². The molecule has 6 N–H and O–H groups in total. The highest BCUT2D eigenvalue weighted by molar-refractivity contribution is 5.84. The number of aliphatic hydroxyl groups excluding tert-OH is 3. The summed E-state index contributed by atoms with van der Waals surface area (Å²) in [4.78, 5) is 23.7. The Bertz CT molecular complexity index is 439. The Morgan fingerprint density at radius 3 is 2.48 bits per heavy atom. The van der Waals surface area contributed by atoms with Crippen LogP contribution in [0, 0.1) is 0 Å². The SMILES string of the molecule is CC(=O)N(C)[C@H]1[C@H]([C@H](O)[C@H](O)CO)OC(C(=O)O)=C[C@@H]1N. The first kappa shape index (κ1) is 17.4. The van der Waals surface area contributed by atoms with E-state index in [0.29, 0.717) is 0 Å². The highest BCUT2D eigenvalue weighted by Crippen LogP contribution is 2.25. The van der Waals surface area contributed by atoms with E-state index in [-0.39, 0.29) is 5.91 Å². The molecular weight excluding hydrogens is 284 g/mol. The molecule has 1 aliphatic rings. The minimum Gasteiger partial charge on any atom is -0.478 e. The molecule has 1 aliphatic heterocycles. The number of aliphatic carboxylic acids is 1. The first-order valence-corrected chi connectivity index (χ1v) is 6.28. The predicted octanol–water partition coefficient (Wildman–Crippen LogP) is -2.76. The molecular formula is C12H20N2O7. The number of nitrogens with two attached hydrogens (primary N) is 1. The van der Waals surface area contributed by atoms with Crippen molar-refractivity contribution >= 4 is 11.9 Å². The number of ether oxygens (including phenoxy) is 1. The molecule has 0 aromatic rings. The second-order valence-corrected chi connectivity index (χ2v) is 4.86. The zero-order valence-electron chi connectivity index (χ0n) is 11.7. The van der Waals surface area contributed by atoms with E-state index in [0.717, 1.165) is 6.08 Å². The van der Waals surface area contributed by atoms with Gasteiger partial charge in [-0.2, -0.15) is 0 Å². The van der Waals surface area contributed by atoms with Gasteiger partial charge in [-0.05, 0) is 6.08 Å². The average molecular weight is 304 g/mol. The molecule has 0 unspecified atom stereocenters. The van der Waals surface area contributed by atoms with Gasteiger partial charge in [0.05, 0.1) is 18.7 Å². The summed E-state index contributed by atoms with van der Waals surface area (Å²) in [5, 5.41) is 37.4. The maximum Gasteiger partial charge on any atom is 0.370 e. The average Bonchev–Trinajstić information content (AvgIpc) is 2.43. The van der Waals surface area contributed by atoms with Crippen LogP contribution in [0.2, 0.25) is 0 Å². The molecule has 1 rings (SSSR count). The number of carboxylic acid groups (broad SMARTS) is 1. The van der Waals surface area contributed by atoms with Crippen molar-refractivity contribution in [3.8, 4) is 0 Å². The number of hydrogen-bond acceptors (Lipinski definition) is 7. The van der Waals surface area contributed by atoms with Gasteiger partial charge in [0.1, 0.15) is 18.3 Å². The number of aliphatic hydroxyl groups is 3. The summed E-state index contributed by atoms with van der Waals surface area (Å²) >= 11 is 0. The van der Waals surface area contributed by atoms with Crippen molar-refractivity contribution in [2.24, 2.45) is 5.73 Å². The van der Waals surface area contributed by atoms with Gasteiger partial charge in [-0.15, -0.1) is 0 Å². The molecule has 1 amide bonds. The first-order valence-electron chi connectivity index (χ1n) is 6.28. The van der Waals surface area contributed by atoms with Gasteiger partial charge in [0, 0.05) is 14.0 Å². The van der Waals surface area contributed by atoms with Crippen molar-refractivity contribution in [2.45, 2.75) is 37.3 Å². The van der Waals surface area contributed by atoms with Crippen molar-refractivity contribution in [1.29, 1.82) is 0 Å². The van der Waals surface area contributed by atoms with E-state index in [2.05, 4.69) is 0 Å². The third-order valence-electron chi connectivity index (χ3n) is 3.41. The second-order valence-electron chi connectivity index (χ2n) is 4.86. The summed E-state index contributed by atoms with van der Waals surface area (Å²) in [6.07, 6.45) is -3.33. The van der Waals surface area contributed by atoms with Gasteiger partial charge in [-0.25, -0.2) is 4.79 Å². The third-order valence-corrected chi connectivity index (χ3v) is 3.41. The largest absolute Gasteiger partial charge is 0.478 e. The number of nitrogens with zero attached hydrogens (tertiary/aromatic N) is 1. The number of hydrogen-bond donors (Lipinski definition) is 5. The lowest BCUT2D eigenvalue weighted by Gasteiger charge is -2.42. The maximum atomic E-state index is 11.5. The van der Waals surface area contributed by atoms with Gasteiger partial charge in [0.2, 0.25) is 11.7 Å². The Balaban J connectivity index is 3.16. The number of amides is 1. The Labute approximate surface area is 121 Å². The Hall–Kier alpha value is -1.68. The molecule has 0 bridgehead atoms. The normalized spacial score (nSPS) is 28.1. The lowest BCUT2D eigenvalue weighted by molar-refractivity contribution is -0.153. The number of likely N-dealkylation sites (N-methyl/N-ethyl adjacent to an activating group) is 1. The van der Waals surface area contributed by atoms with Crippen LogP contribution < -0.4 is 5.73 Å². The fourth-order valence-corrected chi connectivity index (χ4v) is 2.16. The van der Waals surface area contributed by atoms with Crippen LogP contribution in [0.5, 0.6) is 0 Å². The van der Waals surface area contributed by atoms with Gasteiger partial charge in [-0.3, -0.25) is 4.79 Å². The van der Waals surface area contributed by atoms with E-state index in [1.165, 1.54) is 18.9 Å². The number of carbonyl (C=O) groups excluding carboxylic acids is 1. The first-order chi connectivity index (χ1) is 9.70. The molecule has 0 spiro atoms. The minimum atomic E-state index is -1.61. The molecule has 0 aromatic heterocycles. The molecule has 9 heteroatoms. The van der Waals surface area contributed by atoms with E-state index in [1.807, 2.05) is 0 Å². The van der Waals surface area contributed by atoms with E-state index in [1.54, 1.807) is 0 Å². The minimum absolute atomic E-state index is 0.373. The van der Waals surface area contributed by atoms with Crippen LogP contribution in [0.25, 0.3) is 0 Å². The van der Waals surface area contributed by atoms with Gasteiger partial charge < -0.3 is 35.8 Å². The van der Waals surface area contributed by atoms with Crippen molar-refractivity contribution < 1.29 is 34.8 Å². The maximum absolute atomic E-state index is 11.5. The van der Waals surface area contributed by atoms with Gasteiger partial charge >= 0.3 is 5.97 Å². The Morgan fingerprint density at radius 1 is 1.48 bits per heavy atom. The Kier molecular flexibility index (Phi) is 5.67. The summed E-state index contributed by atoms with van der Waals surface area (Å²) in [5.74, 6) is -2.24. The van der Waals surface area contributed by atoms with Gasteiger partial charge in [0.25, 0.3) is 0 Å². The molecule has 0 saturated heterocycles. The molecule has 0 fully saturated rings. The smallest absolute Gasteiger partial charge is 0.370 e. The predicted molar refractivity (Wildman–Crippen MR) is 69.9 cm³/mol. The Morgan fingerprint density at radius 2 is 2.05 bits per heavy atom. The summed E-state index contributed by atoms with van der Waals surface area (Å²) in [5.41, 5.74) is 5.85. The summed E-state index contributed by atoms with van der Waals surface area (Å²) in [7, 11) is 1.42. The summed E-state index contributed by atoms with van der Waals surface area (Å²) < 4.78 is 5.15. The van der Waals surface area contributed by atoms with Crippen LogP contribution in [-0.4, -0.2) is 81.3 Å². The lowest BCUT2D eigenvalue weighted by Crippen LogP contribution is -2.62. The molecule has 1 heterocycles. The van der Waals surface area contributed by atoms with Crippen molar-refractivity contribution in [3.63, 3.8) is 0 Å². The lowest BCUT2D eigenvalue weighted by atomic mass is 9.91.